The summed E-state index contributed by atoms with van der Waals surface area (Å²) in [5.74, 6) is -2.23. The van der Waals surface area contributed by atoms with Gasteiger partial charge in [-0.3, -0.25) is 9.69 Å². The van der Waals surface area contributed by atoms with Crippen molar-refractivity contribution in [3.63, 3.8) is 0 Å². The van der Waals surface area contributed by atoms with E-state index >= 15 is 8.78 Å². The predicted octanol–water partition coefficient (Wildman–Crippen LogP) is 4.70. The molecule has 210 valence electrons. The first kappa shape index (κ1) is 28.8. The first-order valence-corrected chi connectivity index (χ1v) is 12.4. The van der Waals surface area contributed by atoms with E-state index in [1.54, 1.807) is 36.2 Å². The van der Waals surface area contributed by atoms with Crippen LogP contribution < -0.4 is 25.9 Å². The maximum Gasteiger partial charge on any atom is 0.414 e. The molecule has 3 N–H and O–H groups in total. The predicted molar refractivity (Wildman–Crippen MR) is 146 cm³/mol. The molecule has 1 heterocycles. The van der Waals surface area contributed by atoms with Crippen LogP contribution in [0.25, 0.3) is 0 Å². The molecule has 3 aromatic carbocycles. The van der Waals surface area contributed by atoms with E-state index in [0.29, 0.717) is 5.69 Å². The van der Waals surface area contributed by atoms with Gasteiger partial charge in [0.05, 0.1) is 24.5 Å². The Bertz CT molecular complexity index is 1440. The Balaban J connectivity index is 1.54. The van der Waals surface area contributed by atoms with Gasteiger partial charge in [0, 0.05) is 30.4 Å². The third-order valence-electron chi connectivity index (χ3n) is 6.12. The van der Waals surface area contributed by atoms with Crippen LogP contribution in [0.15, 0.2) is 71.5 Å². The molecule has 0 saturated carbocycles. The van der Waals surface area contributed by atoms with Crippen LogP contribution in [-0.2, 0) is 4.74 Å². The molecular weight excluding hydrogens is 552 g/mol. The van der Waals surface area contributed by atoms with Crippen molar-refractivity contribution in [1.29, 1.82) is 0 Å². The molecule has 1 aliphatic rings. The maximum absolute atomic E-state index is 15.1. The lowest BCUT2D eigenvalue weighted by Crippen LogP contribution is -2.36. The first-order valence-electron chi connectivity index (χ1n) is 12.0. The fourth-order valence-corrected chi connectivity index (χ4v) is 4.09. The number of anilines is 4. The lowest BCUT2D eigenvalue weighted by Gasteiger charge is -2.25. The summed E-state index contributed by atoms with van der Waals surface area (Å²) in [5, 5.41) is 15.6. The highest BCUT2D eigenvalue weighted by atomic mass is 32.1. The summed E-state index contributed by atoms with van der Waals surface area (Å²) in [6.07, 6.45) is -5.88. The summed E-state index contributed by atoms with van der Waals surface area (Å²) in [6.45, 7) is -0.375. The number of ether oxygens (including phenoxy) is 1. The number of rotatable bonds is 9. The molecule has 0 aliphatic carbocycles. The van der Waals surface area contributed by atoms with Crippen molar-refractivity contribution < 1.29 is 32.2 Å². The second-order valence-corrected chi connectivity index (χ2v) is 9.28. The van der Waals surface area contributed by atoms with E-state index in [4.69, 9.17) is 4.74 Å². The molecule has 0 radical (unpaired) electrons. The number of para-hydroxylation sites is 1. The van der Waals surface area contributed by atoms with Crippen molar-refractivity contribution in [3.05, 3.63) is 94.2 Å². The maximum atomic E-state index is 15.1. The largest absolute Gasteiger partial charge is 0.442 e. The molecular formula is C27H24F4N4O4S. The minimum Gasteiger partial charge on any atom is -0.442 e. The van der Waals surface area contributed by atoms with Gasteiger partial charge in [0.1, 0.15) is 16.8 Å². The number of halogens is 4. The number of nitrogens with one attached hydrogen (secondary N) is 2. The summed E-state index contributed by atoms with van der Waals surface area (Å²) < 4.78 is 60.4. The van der Waals surface area contributed by atoms with Crippen LogP contribution in [0.1, 0.15) is 11.8 Å². The average Bonchev–Trinajstić information content (AvgIpc) is 3.21. The van der Waals surface area contributed by atoms with Gasteiger partial charge in [0.15, 0.2) is 17.9 Å². The number of aliphatic hydroxyl groups excluding tert-OH is 1. The summed E-state index contributed by atoms with van der Waals surface area (Å²) in [4.78, 5) is 26.7. The molecule has 0 bridgehead atoms. The number of thiocarbonyl (C=S) groups is 1. The summed E-state index contributed by atoms with van der Waals surface area (Å²) in [5.41, 5.74) is -0.653. The average molecular weight is 577 g/mol. The van der Waals surface area contributed by atoms with Crippen LogP contribution in [0.5, 0.6) is 0 Å². The van der Waals surface area contributed by atoms with Gasteiger partial charge in [-0.2, -0.15) is 0 Å². The Morgan fingerprint density at radius 1 is 1.10 bits per heavy atom. The van der Waals surface area contributed by atoms with Crippen molar-refractivity contribution >= 4 is 46.0 Å². The topological polar surface area (TPSA) is 94.1 Å². The van der Waals surface area contributed by atoms with Crippen LogP contribution in [0.3, 0.4) is 0 Å². The SMILES string of the molecule is CN(c1ccccc1)C(O)c1cccc(=O)c(Nc2c(F)cc(N3C[C@H](CNC(=S)C(F)F)OC3=O)cc2F)c1. The Labute approximate surface area is 231 Å². The van der Waals surface area contributed by atoms with Crippen LogP contribution >= 0.6 is 12.2 Å². The highest BCUT2D eigenvalue weighted by Crippen LogP contribution is 2.31. The van der Waals surface area contributed by atoms with Crippen LogP contribution in [-0.4, -0.2) is 48.9 Å². The molecule has 2 atom stereocenters. The Morgan fingerprint density at radius 3 is 2.42 bits per heavy atom. The number of benzene rings is 2. The summed E-state index contributed by atoms with van der Waals surface area (Å²) >= 11 is 4.48. The monoisotopic (exact) mass is 576 g/mol. The number of alkyl halides is 2. The van der Waals surface area contributed by atoms with Gasteiger partial charge >= 0.3 is 6.09 Å². The minimum atomic E-state index is -2.88. The molecule has 0 aromatic heterocycles. The van der Waals surface area contributed by atoms with Crippen LogP contribution in [0.2, 0.25) is 0 Å². The van der Waals surface area contributed by atoms with Gasteiger partial charge in [-0.1, -0.05) is 42.5 Å². The molecule has 1 aliphatic heterocycles. The highest BCUT2D eigenvalue weighted by molar-refractivity contribution is 7.80. The fraction of sp³-hybridized carbons (Fsp3) is 0.222. The number of carbonyl (C=O) groups is 1. The number of cyclic esters (lactones) is 1. The highest BCUT2D eigenvalue weighted by Gasteiger charge is 2.33. The second kappa shape index (κ2) is 12.3. The van der Waals surface area contributed by atoms with Crippen molar-refractivity contribution in [1.82, 2.24) is 5.32 Å². The van der Waals surface area contributed by atoms with Gasteiger partial charge in [-0.15, -0.1) is 0 Å². The molecule has 4 rings (SSSR count). The van der Waals surface area contributed by atoms with Gasteiger partial charge in [-0.05, 0) is 24.3 Å². The quantitative estimate of drug-likeness (QED) is 0.192. The number of hydrogen-bond donors (Lipinski definition) is 3. The number of amides is 1. The van der Waals surface area contributed by atoms with E-state index in [9.17, 15) is 23.5 Å². The Morgan fingerprint density at radius 2 is 1.77 bits per heavy atom. The van der Waals surface area contributed by atoms with Crippen molar-refractivity contribution in [2.75, 3.05) is 35.3 Å². The zero-order chi connectivity index (χ0) is 29.0. The van der Waals surface area contributed by atoms with Crippen molar-refractivity contribution in [2.45, 2.75) is 18.8 Å². The smallest absolute Gasteiger partial charge is 0.414 e. The lowest BCUT2D eigenvalue weighted by atomic mass is 10.2. The molecule has 8 nitrogen and oxygen atoms in total. The lowest BCUT2D eigenvalue weighted by molar-refractivity contribution is 0.142. The van der Waals surface area contributed by atoms with E-state index in [1.165, 1.54) is 24.3 Å². The fourth-order valence-electron chi connectivity index (χ4n) is 4.01. The Hall–Kier alpha value is -4.23. The molecule has 3 aromatic rings. The van der Waals surface area contributed by atoms with Crippen LogP contribution in [0.4, 0.5) is 45.1 Å². The van der Waals surface area contributed by atoms with Gasteiger partial charge in [0.25, 0.3) is 6.43 Å². The Kier molecular flexibility index (Phi) is 8.85. The van der Waals surface area contributed by atoms with Gasteiger partial charge in [-0.25, -0.2) is 22.4 Å². The minimum absolute atomic E-state index is 0.168. The number of hydrogen-bond acceptors (Lipinski definition) is 7. The van der Waals surface area contributed by atoms with Crippen LogP contribution in [0, 0.1) is 11.6 Å². The van der Waals surface area contributed by atoms with Gasteiger partial charge in [0.2, 0.25) is 5.43 Å². The van der Waals surface area contributed by atoms with Crippen molar-refractivity contribution in [2.24, 2.45) is 0 Å². The normalized spacial score (nSPS) is 15.5. The summed E-state index contributed by atoms with van der Waals surface area (Å²) in [6, 6.07) is 16.1. The molecule has 40 heavy (non-hydrogen) atoms. The summed E-state index contributed by atoms with van der Waals surface area (Å²) in [7, 11) is 1.65. The number of aliphatic hydroxyl groups is 1. The standard InChI is InChI=1S/C27H24F4N4O4S/c1-34(16-7-3-2-4-8-16)26(37)15-6-5-9-22(36)21(10-15)33-23-19(28)11-17(12-20(23)29)35-14-18(39-27(35)38)13-32-25(40)24(30)31/h2-12,18,24,26,37H,13-14H2,1H3,(H,32,40)(H,33,36)/t18-,26?/m0/s1. The van der Waals surface area contributed by atoms with E-state index in [-0.39, 0.29) is 30.0 Å². The third kappa shape index (κ3) is 6.49. The third-order valence-corrected chi connectivity index (χ3v) is 6.44. The van der Waals surface area contributed by atoms with E-state index in [2.05, 4.69) is 22.9 Å². The number of carbonyl (C=O) groups excluding carboxylic acids is 1. The molecule has 13 heteroatoms. The van der Waals surface area contributed by atoms with Crippen molar-refractivity contribution in [3.8, 4) is 0 Å². The molecule has 0 spiro atoms. The van der Waals surface area contributed by atoms with Gasteiger partial charge < -0.3 is 25.4 Å². The second-order valence-electron chi connectivity index (χ2n) is 8.84. The van der Waals surface area contributed by atoms with E-state index in [0.717, 1.165) is 17.0 Å². The molecule has 1 fully saturated rings. The van der Waals surface area contributed by atoms with E-state index in [1.807, 2.05) is 6.07 Å². The van der Waals surface area contributed by atoms with E-state index < -0.39 is 52.6 Å². The first-order chi connectivity index (χ1) is 19.0. The molecule has 1 saturated heterocycles. The zero-order valence-electron chi connectivity index (χ0n) is 21.0. The molecule has 1 amide bonds. The zero-order valence-corrected chi connectivity index (χ0v) is 21.8. The number of nitrogens with zero attached hydrogens (tertiary/aromatic N) is 2. The molecule has 1 unspecified atom stereocenters.